The molecule has 0 fully saturated rings. The molecule has 0 spiro atoms. The molecule has 2 heterocycles. The maximum atomic E-state index is 11.5. The summed E-state index contributed by atoms with van der Waals surface area (Å²) in [7, 11) is 0. The lowest BCUT2D eigenvalue weighted by molar-refractivity contribution is 0.0526. The van der Waals surface area contributed by atoms with Gasteiger partial charge in [0.1, 0.15) is 11.6 Å². The second-order valence-corrected chi connectivity index (χ2v) is 4.31. The first-order valence-electron chi connectivity index (χ1n) is 6.40. The van der Waals surface area contributed by atoms with Crippen LogP contribution in [0.3, 0.4) is 0 Å². The Morgan fingerprint density at radius 3 is 2.75 bits per heavy atom. The van der Waals surface area contributed by atoms with E-state index in [0.717, 1.165) is 17.0 Å². The topological polar surface area (TPSA) is 77.2 Å². The fourth-order valence-corrected chi connectivity index (χ4v) is 1.77. The van der Waals surface area contributed by atoms with Crippen LogP contribution in [0.4, 0.5) is 5.82 Å². The number of nitrogens with one attached hydrogen (secondary N) is 1. The molecule has 0 saturated heterocycles. The van der Waals surface area contributed by atoms with Gasteiger partial charge in [0, 0.05) is 18.3 Å². The zero-order valence-electron chi connectivity index (χ0n) is 11.8. The van der Waals surface area contributed by atoms with Gasteiger partial charge in [0.25, 0.3) is 0 Å². The zero-order chi connectivity index (χ0) is 14.5. The van der Waals surface area contributed by atoms with Crippen LogP contribution in [0.15, 0.2) is 22.9 Å². The van der Waals surface area contributed by atoms with Crippen LogP contribution in [0.1, 0.15) is 34.3 Å². The van der Waals surface area contributed by atoms with Crippen LogP contribution in [-0.2, 0) is 11.3 Å². The number of rotatable bonds is 5. The minimum atomic E-state index is -0.364. The maximum absolute atomic E-state index is 11.5. The van der Waals surface area contributed by atoms with Gasteiger partial charge < -0.3 is 14.6 Å². The summed E-state index contributed by atoms with van der Waals surface area (Å²) in [6, 6.07) is 3.42. The number of hydrogen-bond acceptors (Lipinski definition) is 6. The molecule has 106 valence electrons. The lowest BCUT2D eigenvalue weighted by Gasteiger charge is -2.06. The van der Waals surface area contributed by atoms with Crippen LogP contribution in [-0.4, -0.2) is 22.7 Å². The number of nitrogens with zero attached hydrogens (tertiary/aromatic N) is 2. The van der Waals surface area contributed by atoms with Gasteiger partial charge in [-0.2, -0.15) is 0 Å². The number of esters is 1. The van der Waals surface area contributed by atoms with Crippen molar-refractivity contribution in [2.24, 2.45) is 0 Å². The highest BCUT2D eigenvalue weighted by molar-refractivity contribution is 5.89. The summed E-state index contributed by atoms with van der Waals surface area (Å²) in [6.45, 7) is 6.46. The molecule has 2 aromatic rings. The van der Waals surface area contributed by atoms with Crippen LogP contribution in [0.5, 0.6) is 0 Å². The largest absolute Gasteiger partial charge is 0.462 e. The summed E-state index contributed by atoms with van der Waals surface area (Å²) in [5.41, 5.74) is 2.31. The van der Waals surface area contributed by atoms with Gasteiger partial charge in [-0.1, -0.05) is 5.16 Å². The van der Waals surface area contributed by atoms with E-state index in [1.165, 1.54) is 6.20 Å². The predicted molar refractivity (Wildman–Crippen MR) is 73.5 cm³/mol. The third kappa shape index (κ3) is 3.14. The molecule has 6 nitrogen and oxygen atoms in total. The normalized spacial score (nSPS) is 10.3. The number of carbonyl (C=O) groups excluding carboxylic acids is 1. The average molecular weight is 275 g/mol. The second-order valence-electron chi connectivity index (χ2n) is 4.31. The fourth-order valence-electron chi connectivity index (χ4n) is 1.77. The molecule has 2 aromatic heterocycles. The molecule has 0 aromatic carbocycles. The second kappa shape index (κ2) is 6.18. The molecular formula is C14H17N3O3. The summed E-state index contributed by atoms with van der Waals surface area (Å²) in [5, 5.41) is 7.05. The molecule has 0 aliphatic carbocycles. The molecule has 0 amide bonds. The van der Waals surface area contributed by atoms with Gasteiger partial charge in [0.2, 0.25) is 0 Å². The molecule has 0 aliphatic rings. The van der Waals surface area contributed by atoms with E-state index in [0.29, 0.717) is 24.5 Å². The Kier molecular flexibility index (Phi) is 4.34. The number of anilines is 1. The van der Waals surface area contributed by atoms with E-state index < -0.39 is 0 Å². The molecule has 1 N–H and O–H groups in total. The van der Waals surface area contributed by atoms with Gasteiger partial charge >= 0.3 is 5.97 Å². The molecule has 0 bridgehead atoms. The van der Waals surface area contributed by atoms with Crippen LogP contribution < -0.4 is 5.32 Å². The number of hydrogen-bond donors (Lipinski definition) is 1. The highest BCUT2D eigenvalue weighted by atomic mass is 16.5. The van der Waals surface area contributed by atoms with Crippen LogP contribution in [0.2, 0.25) is 0 Å². The van der Waals surface area contributed by atoms with Crippen molar-refractivity contribution in [2.75, 3.05) is 11.9 Å². The Morgan fingerprint density at radius 2 is 2.20 bits per heavy atom. The predicted octanol–water partition coefficient (Wildman–Crippen LogP) is 2.48. The Morgan fingerprint density at radius 1 is 1.40 bits per heavy atom. The molecule has 0 atom stereocenters. The number of pyridine rings is 1. The number of carbonyl (C=O) groups is 1. The van der Waals surface area contributed by atoms with Gasteiger partial charge in [-0.25, -0.2) is 9.78 Å². The van der Waals surface area contributed by atoms with Crippen LogP contribution >= 0.6 is 0 Å². The first-order valence-corrected chi connectivity index (χ1v) is 6.40. The third-order valence-electron chi connectivity index (χ3n) is 2.90. The Balaban J connectivity index is 1.99. The molecule has 2 rings (SSSR count). The smallest absolute Gasteiger partial charge is 0.339 e. The standard InChI is InChI=1S/C14H17N3O3/c1-4-19-14(18)11-5-6-13(15-7-11)16-8-12-9(2)17-20-10(12)3/h5-7H,4,8H2,1-3H3,(H,15,16). The summed E-state index contributed by atoms with van der Waals surface area (Å²) >= 11 is 0. The first-order chi connectivity index (χ1) is 9.61. The average Bonchev–Trinajstić information content (AvgIpc) is 2.77. The van der Waals surface area contributed by atoms with E-state index in [4.69, 9.17) is 9.26 Å². The maximum Gasteiger partial charge on any atom is 0.339 e. The van der Waals surface area contributed by atoms with Crippen LogP contribution in [0.25, 0.3) is 0 Å². The minimum Gasteiger partial charge on any atom is -0.462 e. The lowest BCUT2D eigenvalue weighted by atomic mass is 10.2. The van der Waals surface area contributed by atoms with Crippen molar-refractivity contribution >= 4 is 11.8 Å². The lowest BCUT2D eigenvalue weighted by Crippen LogP contribution is -2.07. The van der Waals surface area contributed by atoms with Crippen molar-refractivity contribution in [3.05, 3.63) is 40.9 Å². The first kappa shape index (κ1) is 14.0. The van der Waals surface area contributed by atoms with Gasteiger partial charge in [-0.3, -0.25) is 0 Å². The van der Waals surface area contributed by atoms with Gasteiger partial charge in [-0.05, 0) is 32.9 Å². The Labute approximate surface area is 117 Å². The van der Waals surface area contributed by atoms with Crippen molar-refractivity contribution in [1.82, 2.24) is 10.1 Å². The summed E-state index contributed by atoms with van der Waals surface area (Å²) in [5.74, 6) is 1.11. The zero-order valence-corrected chi connectivity index (χ0v) is 11.8. The highest BCUT2D eigenvalue weighted by Crippen LogP contribution is 2.14. The quantitative estimate of drug-likeness (QED) is 0.845. The van der Waals surface area contributed by atoms with Crippen molar-refractivity contribution in [3.8, 4) is 0 Å². The van der Waals surface area contributed by atoms with Crippen LogP contribution in [0, 0.1) is 13.8 Å². The van der Waals surface area contributed by atoms with Crippen molar-refractivity contribution < 1.29 is 14.1 Å². The molecule has 0 unspecified atom stereocenters. The number of aryl methyl sites for hydroxylation is 2. The fraction of sp³-hybridized carbons (Fsp3) is 0.357. The third-order valence-corrected chi connectivity index (χ3v) is 2.90. The molecular weight excluding hydrogens is 258 g/mol. The number of aromatic nitrogens is 2. The van der Waals surface area contributed by atoms with E-state index >= 15 is 0 Å². The number of ether oxygens (including phenoxy) is 1. The summed E-state index contributed by atoms with van der Waals surface area (Å²) in [4.78, 5) is 15.7. The van der Waals surface area contributed by atoms with E-state index in [1.807, 2.05) is 13.8 Å². The Bertz CT molecular complexity index is 571. The van der Waals surface area contributed by atoms with Gasteiger partial charge in [-0.15, -0.1) is 0 Å². The monoisotopic (exact) mass is 275 g/mol. The van der Waals surface area contributed by atoms with Gasteiger partial charge in [0.15, 0.2) is 0 Å². The summed E-state index contributed by atoms with van der Waals surface area (Å²) in [6.07, 6.45) is 1.49. The highest BCUT2D eigenvalue weighted by Gasteiger charge is 2.09. The summed E-state index contributed by atoms with van der Waals surface area (Å²) < 4.78 is 9.99. The molecule has 0 saturated carbocycles. The van der Waals surface area contributed by atoms with E-state index in [9.17, 15) is 4.79 Å². The van der Waals surface area contributed by atoms with Crippen molar-refractivity contribution in [1.29, 1.82) is 0 Å². The van der Waals surface area contributed by atoms with E-state index in [1.54, 1.807) is 19.1 Å². The van der Waals surface area contributed by atoms with Crippen molar-refractivity contribution in [2.45, 2.75) is 27.3 Å². The molecule has 0 aliphatic heterocycles. The molecule has 20 heavy (non-hydrogen) atoms. The molecule has 6 heteroatoms. The minimum absolute atomic E-state index is 0.352. The van der Waals surface area contributed by atoms with Crippen molar-refractivity contribution in [3.63, 3.8) is 0 Å². The van der Waals surface area contributed by atoms with Gasteiger partial charge in [0.05, 0.1) is 17.9 Å². The molecule has 0 radical (unpaired) electrons. The van der Waals surface area contributed by atoms with E-state index in [2.05, 4.69) is 15.5 Å². The van der Waals surface area contributed by atoms with E-state index in [-0.39, 0.29) is 5.97 Å². The SMILES string of the molecule is CCOC(=O)c1ccc(NCc2c(C)noc2C)nc1. The Hall–Kier alpha value is -2.37.